The molecule has 1 aromatic heterocycles. The van der Waals surface area contributed by atoms with Gasteiger partial charge in [-0.1, -0.05) is 12.1 Å². The number of nitrogens with one attached hydrogen (secondary N) is 4. The molecule has 2 fully saturated rings. The van der Waals surface area contributed by atoms with E-state index in [0.717, 1.165) is 28.8 Å². The van der Waals surface area contributed by atoms with Crippen LogP contribution in [0.3, 0.4) is 0 Å². The van der Waals surface area contributed by atoms with Gasteiger partial charge in [-0.3, -0.25) is 34.4 Å². The molecule has 1 atom stereocenters. The van der Waals surface area contributed by atoms with Crippen molar-refractivity contribution in [1.82, 2.24) is 25.5 Å². The third-order valence-corrected chi connectivity index (χ3v) is 7.32. The number of nitrogens with zero attached hydrogens (tertiary/aromatic N) is 3. The number of carbonyl (C=O) groups excluding carboxylic acids is 4. The highest BCUT2D eigenvalue weighted by Gasteiger charge is 2.44. The van der Waals surface area contributed by atoms with Crippen LogP contribution >= 0.6 is 0 Å². The molecule has 2 aromatic carbocycles. The second-order valence-electron chi connectivity index (χ2n) is 9.87. The number of rotatable bonds is 7. The van der Waals surface area contributed by atoms with Crippen LogP contribution in [0.15, 0.2) is 54.9 Å². The molecule has 1 aliphatic carbocycles. The quantitative estimate of drug-likeness (QED) is 0.271. The molecule has 1 unspecified atom stereocenters. The van der Waals surface area contributed by atoms with Gasteiger partial charge in [0.05, 0.1) is 34.1 Å². The lowest BCUT2D eigenvalue weighted by molar-refractivity contribution is -0.136. The molecule has 4 N–H and O–H groups in total. The van der Waals surface area contributed by atoms with Gasteiger partial charge in [-0.15, -0.1) is 0 Å². The molecule has 39 heavy (non-hydrogen) atoms. The Balaban J connectivity index is 1.07. The topological polar surface area (TPSA) is 157 Å². The van der Waals surface area contributed by atoms with Crippen molar-refractivity contribution in [3.63, 3.8) is 0 Å². The van der Waals surface area contributed by atoms with Crippen LogP contribution in [-0.4, -0.2) is 62.8 Å². The Morgan fingerprint density at radius 3 is 2.54 bits per heavy atom. The Labute approximate surface area is 223 Å². The van der Waals surface area contributed by atoms with Crippen molar-refractivity contribution >= 4 is 52.1 Å². The zero-order valence-corrected chi connectivity index (χ0v) is 20.8. The van der Waals surface area contributed by atoms with E-state index in [1.165, 1.54) is 6.21 Å². The van der Waals surface area contributed by atoms with E-state index in [1.54, 1.807) is 30.6 Å². The van der Waals surface area contributed by atoms with Crippen LogP contribution in [0.1, 0.15) is 52.1 Å². The van der Waals surface area contributed by atoms with Crippen LogP contribution in [-0.2, 0) is 9.59 Å². The van der Waals surface area contributed by atoms with Crippen LogP contribution in [0.2, 0.25) is 0 Å². The Morgan fingerprint density at radius 2 is 1.77 bits per heavy atom. The normalized spacial score (nSPS) is 22.8. The molecule has 0 bridgehead atoms. The van der Waals surface area contributed by atoms with Crippen LogP contribution in [0.25, 0.3) is 16.6 Å². The highest BCUT2D eigenvalue weighted by Crippen LogP contribution is 2.31. The fourth-order valence-corrected chi connectivity index (χ4v) is 5.16. The number of piperidine rings is 1. The van der Waals surface area contributed by atoms with Gasteiger partial charge in [-0.2, -0.15) is 0 Å². The van der Waals surface area contributed by atoms with Crippen LogP contribution < -0.4 is 16.0 Å². The molecule has 3 aliphatic rings. The Morgan fingerprint density at radius 1 is 1.00 bits per heavy atom. The summed E-state index contributed by atoms with van der Waals surface area (Å²) >= 11 is 0. The number of benzene rings is 2. The second kappa shape index (κ2) is 9.75. The van der Waals surface area contributed by atoms with Crippen molar-refractivity contribution in [3.8, 4) is 0 Å². The zero-order chi connectivity index (χ0) is 27.1. The lowest BCUT2D eigenvalue weighted by Crippen LogP contribution is -2.54. The van der Waals surface area contributed by atoms with Gasteiger partial charge in [0.25, 0.3) is 11.8 Å². The molecule has 1 saturated carbocycles. The summed E-state index contributed by atoms with van der Waals surface area (Å²) in [4.78, 5) is 59.6. The molecule has 2 aliphatic heterocycles. The molecule has 11 nitrogen and oxygen atoms in total. The maximum atomic E-state index is 13.0. The number of anilines is 1. The predicted octanol–water partition coefficient (Wildman–Crippen LogP) is 2.25. The predicted molar refractivity (Wildman–Crippen MR) is 143 cm³/mol. The van der Waals surface area contributed by atoms with E-state index in [-0.39, 0.29) is 36.1 Å². The molecule has 3 aromatic rings. The van der Waals surface area contributed by atoms with E-state index < -0.39 is 29.7 Å². The van der Waals surface area contributed by atoms with E-state index in [4.69, 9.17) is 5.41 Å². The molecule has 0 radical (unpaired) electrons. The number of carbonyl (C=O) groups is 4. The first-order chi connectivity index (χ1) is 18.9. The van der Waals surface area contributed by atoms with Crippen molar-refractivity contribution in [2.75, 3.05) is 5.32 Å². The minimum atomic E-state index is -0.982. The minimum Gasteiger partial charge on any atom is -0.387 e. The summed E-state index contributed by atoms with van der Waals surface area (Å²) in [5, 5.41) is 16.8. The summed E-state index contributed by atoms with van der Waals surface area (Å²) < 4.78 is 0. The molecule has 1 saturated heterocycles. The van der Waals surface area contributed by atoms with Crippen molar-refractivity contribution in [1.29, 1.82) is 5.41 Å². The fourth-order valence-electron chi connectivity index (χ4n) is 5.16. The van der Waals surface area contributed by atoms with E-state index in [2.05, 4.69) is 25.9 Å². The average molecular weight is 524 g/mol. The van der Waals surface area contributed by atoms with Gasteiger partial charge in [-0.05, 0) is 49.6 Å². The number of hydrogen-bond donors (Lipinski definition) is 4. The van der Waals surface area contributed by atoms with E-state index in [0.29, 0.717) is 17.0 Å². The largest absolute Gasteiger partial charge is 0.387 e. The van der Waals surface area contributed by atoms with Crippen LogP contribution in [0.5, 0.6) is 0 Å². The van der Waals surface area contributed by atoms with E-state index in [1.807, 2.05) is 24.3 Å². The molecule has 0 spiro atoms. The smallest absolute Gasteiger partial charge is 0.262 e. The summed E-state index contributed by atoms with van der Waals surface area (Å²) in [5.41, 5.74) is 4.04. The highest BCUT2D eigenvalue weighted by molar-refractivity contribution is 6.23. The highest BCUT2D eigenvalue weighted by atomic mass is 16.2. The molecule has 11 heteroatoms. The van der Waals surface area contributed by atoms with Crippen molar-refractivity contribution in [2.45, 2.75) is 43.8 Å². The molecule has 3 heterocycles. The lowest BCUT2D eigenvalue weighted by atomic mass is 9.86. The second-order valence-corrected chi connectivity index (χ2v) is 9.87. The first-order valence-corrected chi connectivity index (χ1v) is 12.7. The third kappa shape index (κ3) is 4.52. The molecule has 6 rings (SSSR count). The zero-order valence-electron chi connectivity index (χ0n) is 20.8. The van der Waals surface area contributed by atoms with E-state index >= 15 is 0 Å². The molecular formula is C28H25N7O4. The van der Waals surface area contributed by atoms with Gasteiger partial charge in [-0.25, -0.2) is 4.98 Å². The SMILES string of the molecule is N=C/C(=C\NC1CC(Nc2ccc3c(c2)C(=O)N(C2CCC(=O)NC2=O)C3=O)C1)c1cnc2ccccc2n1. The van der Waals surface area contributed by atoms with E-state index in [9.17, 15) is 19.2 Å². The Kier molecular flexibility index (Phi) is 6.10. The monoisotopic (exact) mass is 523 g/mol. The molecule has 196 valence electrons. The number of para-hydroxylation sites is 2. The minimum absolute atomic E-state index is 0.0830. The van der Waals surface area contributed by atoms with Crippen molar-refractivity contribution in [2.24, 2.45) is 0 Å². The van der Waals surface area contributed by atoms with Crippen molar-refractivity contribution < 1.29 is 19.2 Å². The summed E-state index contributed by atoms with van der Waals surface area (Å²) in [6.07, 6.45) is 6.54. The Hall–Kier alpha value is -4.93. The Bertz CT molecular complexity index is 1580. The number of imide groups is 2. The summed E-state index contributed by atoms with van der Waals surface area (Å²) in [6.45, 7) is 0. The van der Waals surface area contributed by atoms with Crippen LogP contribution in [0.4, 0.5) is 5.69 Å². The maximum absolute atomic E-state index is 13.0. The number of amides is 4. The number of hydrogen-bond acceptors (Lipinski definition) is 9. The van der Waals surface area contributed by atoms with Gasteiger partial charge in [0.2, 0.25) is 11.8 Å². The third-order valence-electron chi connectivity index (χ3n) is 7.32. The van der Waals surface area contributed by atoms with Gasteiger partial charge < -0.3 is 16.0 Å². The lowest BCUT2D eigenvalue weighted by Gasteiger charge is -2.36. The summed E-state index contributed by atoms with van der Waals surface area (Å²) in [5.74, 6) is -2.07. The maximum Gasteiger partial charge on any atom is 0.262 e. The fraction of sp³-hybridized carbons (Fsp3) is 0.250. The van der Waals surface area contributed by atoms with Gasteiger partial charge in [0, 0.05) is 42.2 Å². The summed E-state index contributed by atoms with van der Waals surface area (Å²) in [7, 11) is 0. The van der Waals surface area contributed by atoms with Gasteiger partial charge in [0.1, 0.15) is 6.04 Å². The standard InChI is InChI=1S/C28H25N7O4/c29-12-15(23-14-31-21-3-1-2-4-22(21)33-23)13-30-17-9-18(10-17)32-16-5-6-19-20(11-16)28(39)35(27(19)38)24-7-8-25(36)34-26(24)37/h1-6,11-14,17-18,24,29-30,32H,7-10H2,(H,34,36,37)/b15-13+,29-12?. The van der Waals surface area contributed by atoms with Gasteiger partial charge >= 0.3 is 0 Å². The number of fused-ring (bicyclic) bond motifs is 2. The summed E-state index contributed by atoms with van der Waals surface area (Å²) in [6, 6.07) is 12.0. The van der Waals surface area contributed by atoms with Gasteiger partial charge in [0.15, 0.2) is 0 Å². The molecular weight excluding hydrogens is 498 g/mol. The van der Waals surface area contributed by atoms with Crippen LogP contribution in [0, 0.1) is 5.41 Å². The average Bonchev–Trinajstić information content (AvgIpc) is 3.16. The molecule has 4 amide bonds. The first-order valence-electron chi connectivity index (χ1n) is 12.7. The van der Waals surface area contributed by atoms with Crippen molar-refractivity contribution in [3.05, 3.63) is 71.7 Å². The number of aromatic nitrogens is 2. The number of allylic oxidation sites excluding steroid dienone is 1. The first kappa shape index (κ1) is 24.4.